The molecule has 0 unspecified atom stereocenters. The molecule has 0 atom stereocenters. The Morgan fingerprint density at radius 2 is 1.82 bits per heavy atom. The number of amides is 1. The molecule has 6 nitrogen and oxygen atoms in total. The minimum atomic E-state index is -0.560. The van der Waals surface area contributed by atoms with Gasteiger partial charge >= 0.3 is 5.91 Å². The zero-order chi connectivity index (χ0) is 23.5. The van der Waals surface area contributed by atoms with Gasteiger partial charge in [-0.05, 0) is 66.9 Å². The van der Waals surface area contributed by atoms with E-state index in [4.69, 9.17) is 16.3 Å². The maximum Gasteiger partial charge on any atom is 0.302 e. The molecule has 8 heteroatoms. The molecule has 4 aromatic rings. The normalized spacial score (nSPS) is 11.4. The number of hydrogen-bond acceptors (Lipinski definition) is 4. The van der Waals surface area contributed by atoms with Gasteiger partial charge in [0.25, 0.3) is 0 Å². The van der Waals surface area contributed by atoms with E-state index in [1.165, 1.54) is 0 Å². The largest absolute Gasteiger partial charge is 0.493 e. The van der Waals surface area contributed by atoms with Crippen molar-refractivity contribution in [2.75, 3.05) is 6.61 Å². The predicted octanol–water partition coefficient (Wildman–Crippen LogP) is 7.12. The summed E-state index contributed by atoms with van der Waals surface area (Å²) in [5.74, 6) is -0.0653. The van der Waals surface area contributed by atoms with E-state index < -0.39 is 5.91 Å². The van der Waals surface area contributed by atoms with Crippen LogP contribution in [-0.4, -0.2) is 22.2 Å². The highest BCUT2D eigenvalue weighted by Gasteiger charge is 2.18. The monoisotopic (exact) mass is 525 g/mol. The molecule has 0 fully saturated rings. The maximum absolute atomic E-state index is 12.3. The molecule has 0 aliphatic heterocycles. The van der Waals surface area contributed by atoms with Gasteiger partial charge in [-0.15, -0.1) is 10.2 Å². The van der Waals surface area contributed by atoms with E-state index in [1.54, 1.807) is 10.6 Å². The average molecular weight is 527 g/mol. The van der Waals surface area contributed by atoms with Crippen LogP contribution < -0.4 is 4.74 Å². The number of ether oxygens (including phenoxy) is 1. The molecule has 1 aromatic heterocycles. The van der Waals surface area contributed by atoms with E-state index in [0.29, 0.717) is 22.7 Å². The Morgan fingerprint density at radius 3 is 2.55 bits per heavy atom. The predicted molar refractivity (Wildman–Crippen MR) is 133 cm³/mol. The average Bonchev–Trinajstić information content (AvgIpc) is 3.02. The molecule has 0 aliphatic carbocycles. The number of carbonyl (C=O) groups is 1. The van der Waals surface area contributed by atoms with Crippen LogP contribution >= 0.6 is 27.5 Å². The Kier molecular flexibility index (Phi) is 6.81. The number of aromatic hydroxyl groups is 1. The van der Waals surface area contributed by atoms with Gasteiger partial charge in [0, 0.05) is 14.9 Å². The van der Waals surface area contributed by atoms with Crippen molar-refractivity contribution in [1.82, 2.24) is 4.57 Å². The lowest BCUT2D eigenvalue weighted by Gasteiger charge is -2.08. The first-order valence-electron chi connectivity index (χ1n) is 10.2. The molecular weight excluding hydrogens is 506 g/mol. The Labute approximate surface area is 204 Å². The third-order valence-electron chi connectivity index (χ3n) is 5.08. The summed E-state index contributed by atoms with van der Waals surface area (Å²) in [5.41, 5.74) is 3.87. The Bertz CT molecular complexity index is 1360. The molecule has 1 heterocycles. The van der Waals surface area contributed by atoms with Gasteiger partial charge in [0.15, 0.2) is 12.3 Å². The summed E-state index contributed by atoms with van der Waals surface area (Å²) in [7, 11) is 0. The van der Waals surface area contributed by atoms with Crippen molar-refractivity contribution < 1.29 is 14.6 Å². The van der Waals surface area contributed by atoms with Crippen LogP contribution in [0.15, 0.2) is 75.4 Å². The van der Waals surface area contributed by atoms with Crippen LogP contribution in [0.4, 0.5) is 5.69 Å². The van der Waals surface area contributed by atoms with Crippen LogP contribution in [0.2, 0.25) is 5.02 Å². The molecule has 33 heavy (non-hydrogen) atoms. The van der Waals surface area contributed by atoms with E-state index >= 15 is 0 Å². The summed E-state index contributed by atoms with van der Waals surface area (Å²) in [5, 5.41) is 20.1. The van der Waals surface area contributed by atoms with Gasteiger partial charge in [0.2, 0.25) is 5.88 Å². The summed E-state index contributed by atoms with van der Waals surface area (Å²) in [6.07, 6.45) is 0. The van der Waals surface area contributed by atoms with E-state index in [1.807, 2.05) is 68.4 Å². The van der Waals surface area contributed by atoms with Gasteiger partial charge < -0.3 is 14.4 Å². The molecule has 1 amide bonds. The Balaban J connectivity index is 1.61. The number of nitrogens with zero attached hydrogens (tertiary/aromatic N) is 3. The van der Waals surface area contributed by atoms with Gasteiger partial charge in [-0.2, -0.15) is 0 Å². The van der Waals surface area contributed by atoms with E-state index in [9.17, 15) is 9.90 Å². The summed E-state index contributed by atoms with van der Waals surface area (Å²) in [6, 6.07) is 18.7. The fourth-order valence-electron chi connectivity index (χ4n) is 3.65. The van der Waals surface area contributed by atoms with Gasteiger partial charge in [-0.1, -0.05) is 51.8 Å². The van der Waals surface area contributed by atoms with Crippen LogP contribution in [0, 0.1) is 13.8 Å². The highest BCUT2D eigenvalue weighted by Crippen LogP contribution is 2.40. The van der Waals surface area contributed by atoms with Crippen molar-refractivity contribution in [1.29, 1.82) is 0 Å². The van der Waals surface area contributed by atoms with Crippen LogP contribution in [-0.2, 0) is 11.3 Å². The maximum atomic E-state index is 12.3. The van der Waals surface area contributed by atoms with Crippen molar-refractivity contribution in [3.8, 4) is 11.6 Å². The molecule has 0 spiro atoms. The first-order valence-corrected chi connectivity index (χ1v) is 11.4. The lowest BCUT2D eigenvalue weighted by molar-refractivity contribution is -0.120. The summed E-state index contributed by atoms with van der Waals surface area (Å²) in [6.45, 7) is 4.00. The second kappa shape index (κ2) is 9.77. The Morgan fingerprint density at radius 1 is 1.09 bits per heavy atom. The fraction of sp³-hybridized carbons (Fsp3) is 0.160. The highest BCUT2D eigenvalue weighted by atomic mass is 79.9. The molecule has 168 valence electrons. The number of carbonyl (C=O) groups excluding carboxylic acids is 1. The van der Waals surface area contributed by atoms with Crippen molar-refractivity contribution in [2.24, 2.45) is 10.2 Å². The smallest absolute Gasteiger partial charge is 0.302 e. The van der Waals surface area contributed by atoms with E-state index in [-0.39, 0.29) is 18.2 Å². The van der Waals surface area contributed by atoms with Gasteiger partial charge in [0.05, 0.1) is 12.1 Å². The lowest BCUT2D eigenvalue weighted by Crippen LogP contribution is -2.08. The first-order chi connectivity index (χ1) is 15.8. The van der Waals surface area contributed by atoms with Gasteiger partial charge in [-0.25, -0.2) is 0 Å². The van der Waals surface area contributed by atoms with Crippen LogP contribution in [0.3, 0.4) is 0 Å². The molecule has 3 aromatic carbocycles. The van der Waals surface area contributed by atoms with Crippen LogP contribution in [0.25, 0.3) is 10.9 Å². The van der Waals surface area contributed by atoms with Crippen LogP contribution in [0.1, 0.15) is 16.7 Å². The third-order valence-corrected chi connectivity index (χ3v) is 5.94. The number of benzene rings is 3. The molecule has 0 radical (unpaired) electrons. The molecule has 1 N–H and O–H groups in total. The topological polar surface area (TPSA) is 76.2 Å². The Hall–Kier alpha value is -3.16. The molecular formula is C25H21BrClN3O3. The number of halogens is 2. The fourth-order valence-corrected chi connectivity index (χ4v) is 4.20. The third kappa shape index (κ3) is 5.26. The van der Waals surface area contributed by atoms with E-state index in [2.05, 4.69) is 26.2 Å². The van der Waals surface area contributed by atoms with Crippen LogP contribution in [0.5, 0.6) is 11.6 Å². The van der Waals surface area contributed by atoms with Gasteiger partial charge in [-0.3, -0.25) is 4.79 Å². The zero-order valence-electron chi connectivity index (χ0n) is 18.0. The molecule has 0 saturated carbocycles. The number of azo groups is 1. The van der Waals surface area contributed by atoms with Crippen molar-refractivity contribution in [2.45, 2.75) is 20.4 Å². The van der Waals surface area contributed by atoms with Crippen molar-refractivity contribution >= 4 is 50.0 Å². The first kappa shape index (κ1) is 23.0. The lowest BCUT2D eigenvalue weighted by atomic mass is 10.1. The SMILES string of the molecule is Cc1cc(C)cc(OCC(=O)N=Nc2c(O)n(Cc3ccccc3Cl)c3ccc(Br)cc23)c1. The molecule has 0 bridgehead atoms. The minimum absolute atomic E-state index is 0.102. The number of fused-ring (bicyclic) bond motifs is 1. The number of aromatic nitrogens is 1. The minimum Gasteiger partial charge on any atom is -0.493 e. The zero-order valence-corrected chi connectivity index (χ0v) is 20.4. The standard InChI is InChI=1S/C25H21BrClN3O3/c1-15-9-16(2)11-19(10-15)33-14-23(31)28-29-24-20-12-18(26)7-8-22(20)30(25(24)32)13-17-5-3-4-6-21(17)27/h3-12,32H,13-14H2,1-2H3. The quantitative estimate of drug-likeness (QED) is 0.272. The number of rotatable bonds is 6. The second-order valence-electron chi connectivity index (χ2n) is 7.72. The summed E-state index contributed by atoms with van der Waals surface area (Å²) < 4.78 is 8.06. The van der Waals surface area contributed by atoms with Crippen molar-refractivity contribution in [3.63, 3.8) is 0 Å². The molecule has 0 aliphatic rings. The number of aryl methyl sites for hydroxylation is 2. The molecule has 4 rings (SSSR count). The van der Waals surface area contributed by atoms with Crippen molar-refractivity contribution in [3.05, 3.63) is 86.8 Å². The highest BCUT2D eigenvalue weighted by molar-refractivity contribution is 9.10. The second-order valence-corrected chi connectivity index (χ2v) is 9.04. The van der Waals surface area contributed by atoms with Gasteiger partial charge in [0.1, 0.15) is 5.75 Å². The van der Waals surface area contributed by atoms with E-state index in [0.717, 1.165) is 26.7 Å². The summed E-state index contributed by atoms with van der Waals surface area (Å²) in [4.78, 5) is 12.3. The summed E-state index contributed by atoms with van der Waals surface area (Å²) >= 11 is 9.76. The molecule has 0 saturated heterocycles. The number of hydrogen-bond donors (Lipinski definition) is 1.